The Hall–Kier alpha value is -2.36. The van der Waals surface area contributed by atoms with E-state index in [9.17, 15) is 23.3 Å². The van der Waals surface area contributed by atoms with Gasteiger partial charge in [-0.15, -0.1) is 0 Å². The third-order valence-corrected chi connectivity index (χ3v) is 5.92. The van der Waals surface area contributed by atoms with Gasteiger partial charge >= 0.3 is 0 Å². The number of nitrogens with one attached hydrogen (secondary N) is 1. The summed E-state index contributed by atoms with van der Waals surface area (Å²) >= 11 is 11.8. The molecule has 2 aromatic carbocycles. The number of benzene rings is 2. The number of nitrogens with zero attached hydrogens (tertiary/aromatic N) is 2. The molecule has 0 saturated heterocycles. The summed E-state index contributed by atoms with van der Waals surface area (Å²) in [7, 11) is -3.85. The van der Waals surface area contributed by atoms with Gasteiger partial charge in [0.2, 0.25) is 15.9 Å². The standard InChI is InChI=1S/C17H17Cl2N3O5S/c1-10-4-5-13(22(24)25)9-16(10)20-17(23)11(2)21(28(3,26)27)12-6-7-14(18)15(19)8-12/h4-9,11H,1-3H3,(H,20,23). The number of carbonyl (C=O) groups is 1. The first-order valence-electron chi connectivity index (χ1n) is 7.92. The van der Waals surface area contributed by atoms with Gasteiger partial charge in [0.05, 0.1) is 32.6 Å². The summed E-state index contributed by atoms with van der Waals surface area (Å²) in [5, 5.41) is 13.9. The predicted molar refractivity (Wildman–Crippen MR) is 110 cm³/mol. The second kappa shape index (κ2) is 8.34. The van der Waals surface area contributed by atoms with E-state index < -0.39 is 26.9 Å². The fourth-order valence-corrected chi connectivity index (χ4v) is 3.99. The maximum atomic E-state index is 12.7. The molecule has 1 N–H and O–H groups in total. The van der Waals surface area contributed by atoms with Gasteiger partial charge in [-0.25, -0.2) is 8.42 Å². The van der Waals surface area contributed by atoms with E-state index in [0.717, 1.165) is 10.6 Å². The highest BCUT2D eigenvalue weighted by atomic mass is 35.5. The maximum Gasteiger partial charge on any atom is 0.271 e. The molecule has 0 bridgehead atoms. The van der Waals surface area contributed by atoms with E-state index >= 15 is 0 Å². The number of carbonyl (C=O) groups excluding carboxylic acids is 1. The summed E-state index contributed by atoms with van der Waals surface area (Å²) in [5.74, 6) is -0.667. The van der Waals surface area contributed by atoms with Crippen molar-refractivity contribution >= 4 is 56.2 Å². The topological polar surface area (TPSA) is 110 Å². The number of sulfonamides is 1. The van der Waals surface area contributed by atoms with Gasteiger partial charge in [-0.05, 0) is 37.6 Å². The van der Waals surface area contributed by atoms with Gasteiger partial charge in [0, 0.05) is 12.1 Å². The largest absolute Gasteiger partial charge is 0.324 e. The Bertz CT molecular complexity index is 1040. The summed E-state index contributed by atoms with van der Waals surface area (Å²) in [4.78, 5) is 23.1. The fraction of sp³-hybridized carbons (Fsp3) is 0.235. The first-order valence-corrected chi connectivity index (χ1v) is 10.5. The Balaban J connectivity index is 2.38. The van der Waals surface area contributed by atoms with Crippen LogP contribution >= 0.6 is 23.2 Å². The summed E-state index contributed by atoms with van der Waals surface area (Å²) < 4.78 is 25.5. The van der Waals surface area contributed by atoms with Crippen LogP contribution < -0.4 is 9.62 Å². The molecule has 0 spiro atoms. The van der Waals surface area contributed by atoms with Crippen LogP contribution in [-0.4, -0.2) is 31.5 Å². The number of halogens is 2. The van der Waals surface area contributed by atoms with Crippen molar-refractivity contribution in [2.24, 2.45) is 0 Å². The van der Waals surface area contributed by atoms with E-state index in [0.29, 0.717) is 5.56 Å². The van der Waals surface area contributed by atoms with Crippen molar-refractivity contribution in [2.45, 2.75) is 19.9 Å². The number of hydrogen-bond acceptors (Lipinski definition) is 5. The monoisotopic (exact) mass is 445 g/mol. The third-order valence-electron chi connectivity index (χ3n) is 3.94. The quantitative estimate of drug-likeness (QED) is 0.533. The van der Waals surface area contributed by atoms with Gasteiger partial charge in [0.1, 0.15) is 6.04 Å². The van der Waals surface area contributed by atoms with Crippen LogP contribution in [0.25, 0.3) is 0 Å². The molecule has 1 unspecified atom stereocenters. The zero-order valence-electron chi connectivity index (χ0n) is 15.1. The van der Waals surface area contributed by atoms with Gasteiger partial charge < -0.3 is 5.32 Å². The average Bonchev–Trinajstić information content (AvgIpc) is 2.58. The number of amides is 1. The maximum absolute atomic E-state index is 12.7. The van der Waals surface area contributed by atoms with E-state index in [2.05, 4.69) is 5.32 Å². The Morgan fingerprint density at radius 1 is 1.18 bits per heavy atom. The van der Waals surface area contributed by atoms with Crippen molar-refractivity contribution in [3.8, 4) is 0 Å². The first-order chi connectivity index (χ1) is 12.9. The number of nitro benzene ring substituents is 1. The summed E-state index contributed by atoms with van der Waals surface area (Å²) in [5.41, 5.74) is 0.772. The van der Waals surface area contributed by atoms with Crippen LogP contribution in [0.1, 0.15) is 12.5 Å². The molecular formula is C17H17Cl2N3O5S. The Kier molecular flexibility index (Phi) is 6.53. The molecule has 1 amide bonds. The molecule has 150 valence electrons. The number of nitro groups is 1. The number of non-ortho nitro benzene ring substituents is 1. The van der Waals surface area contributed by atoms with Gasteiger partial charge in [0.25, 0.3) is 5.69 Å². The van der Waals surface area contributed by atoms with Crippen LogP contribution in [0.3, 0.4) is 0 Å². The number of rotatable bonds is 6. The minimum absolute atomic E-state index is 0.134. The van der Waals surface area contributed by atoms with Gasteiger partial charge in [-0.2, -0.15) is 0 Å². The molecule has 0 aromatic heterocycles. The van der Waals surface area contributed by atoms with Crippen molar-refractivity contribution in [1.29, 1.82) is 0 Å². The summed E-state index contributed by atoms with van der Waals surface area (Å²) in [6.45, 7) is 3.06. The normalized spacial score (nSPS) is 12.3. The molecule has 0 radical (unpaired) electrons. The molecule has 28 heavy (non-hydrogen) atoms. The molecule has 11 heteroatoms. The van der Waals surface area contributed by atoms with E-state index in [-0.39, 0.29) is 27.1 Å². The van der Waals surface area contributed by atoms with E-state index in [4.69, 9.17) is 23.2 Å². The van der Waals surface area contributed by atoms with Crippen molar-refractivity contribution in [3.63, 3.8) is 0 Å². The van der Waals surface area contributed by atoms with E-state index in [1.165, 1.54) is 43.3 Å². The minimum Gasteiger partial charge on any atom is -0.324 e. The van der Waals surface area contributed by atoms with Crippen LogP contribution in [0.5, 0.6) is 0 Å². The fourth-order valence-electron chi connectivity index (χ4n) is 2.53. The van der Waals surface area contributed by atoms with Gasteiger partial charge in [0.15, 0.2) is 0 Å². The van der Waals surface area contributed by atoms with Crippen molar-refractivity contribution < 1.29 is 18.1 Å². The lowest BCUT2D eigenvalue weighted by atomic mass is 10.1. The summed E-state index contributed by atoms with van der Waals surface area (Å²) in [6.07, 6.45) is 0.956. The molecule has 1 atom stereocenters. The minimum atomic E-state index is -3.85. The van der Waals surface area contributed by atoms with Crippen LogP contribution in [0, 0.1) is 17.0 Å². The van der Waals surface area contributed by atoms with E-state index in [1.54, 1.807) is 6.92 Å². The van der Waals surface area contributed by atoms with Gasteiger partial charge in [-0.3, -0.25) is 19.2 Å². The molecule has 0 aliphatic rings. The third kappa shape index (κ3) is 4.92. The molecule has 0 heterocycles. The highest BCUT2D eigenvalue weighted by Gasteiger charge is 2.30. The second-order valence-corrected chi connectivity index (χ2v) is 8.75. The predicted octanol–water partition coefficient (Wildman–Crippen LogP) is 4.00. The molecule has 0 saturated carbocycles. The van der Waals surface area contributed by atoms with Crippen LogP contribution in [0.15, 0.2) is 36.4 Å². The number of aryl methyl sites for hydroxylation is 1. The number of anilines is 2. The lowest BCUT2D eigenvalue weighted by Gasteiger charge is -2.28. The van der Waals surface area contributed by atoms with Crippen molar-refractivity contribution in [2.75, 3.05) is 15.9 Å². The van der Waals surface area contributed by atoms with Crippen molar-refractivity contribution in [3.05, 3.63) is 62.1 Å². The highest BCUT2D eigenvalue weighted by Crippen LogP contribution is 2.30. The van der Waals surface area contributed by atoms with Gasteiger partial charge in [-0.1, -0.05) is 29.3 Å². The first kappa shape index (κ1) is 21.9. The molecular weight excluding hydrogens is 429 g/mol. The highest BCUT2D eigenvalue weighted by molar-refractivity contribution is 7.92. The SMILES string of the molecule is Cc1ccc([N+](=O)[O-])cc1NC(=O)C(C)N(c1ccc(Cl)c(Cl)c1)S(C)(=O)=O. The van der Waals surface area contributed by atoms with E-state index in [1.807, 2.05) is 0 Å². The Morgan fingerprint density at radius 2 is 1.82 bits per heavy atom. The second-order valence-electron chi connectivity index (χ2n) is 6.08. The molecule has 8 nitrogen and oxygen atoms in total. The Morgan fingerprint density at radius 3 is 2.36 bits per heavy atom. The van der Waals surface area contributed by atoms with Crippen LogP contribution in [-0.2, 0) is 14.8 Å². The van der Waals surface area contributed by atoms with Crippen LogP contribution in [0.4, 0.5) is 17.1 Å². The molecule has 0 aliphatic heterocycles. The molecule has 2 aromatic rings. The molecule has 0 aliphatic carbocycles. The smallest absolute Gasteiger partial charge is 0.271 e. The Labute approximate surface area is 172 Å². The average molecular weight is 446 g/mol. The number of hydrogen-bond donors (Lipinski definition) is 1. The summed E-state index contributed by atoms with van der Waals surface area (Å²) in [6, 6.07) is 7.05. The van der Waals surface area contributed by atoms with Crippen molar-refractivity contribution in [1.82, 2.24) is 0 Å². The zero-order valence-corrected chi connectivity index (χ0v) is 17.5. The lowest BCUT2D eigenvalue weighted by Crippen LogP contribution is -2.45. The molecule has 2 rings (SSSR count). The lowest BCUT2D eigenvalue weighted by molar-refractivity contribution is -0.384. The zero-order chi connectivity index (χ0) is 21.2. The van der Waals surface area contributed by atoms with Crippen LogP contribution in [0.2, 0.25) is 10.0 Å². The molecule has 0 fully saturated rings.